The highest BCUT2D eigenvalue weighted by atomic mass is 16.5. The number of nitrogens with zero attached hydrogens (tertiary/aromatic N) is 3. The zero-order valence-electron chi connectivity index (χ0n) is 16.9. The Hall–Kier alpha value is -4.00. The number of aromatic nitrogens is 2. The molecular formula is C24H21N3O4. The molecule has 2 aromatic heterocycles. The molecule has 1 unspecified atom stereocenters. The second kappa shape index (κ2) is 8.79. The number of hydrogen-bond donors (Lipinski definition) is 1. The summed E-state index contributed by atoms with van der Waals surface area (Å²) in [4.78, 5) is 35.6. The molecule has 0 radical (unpaired) electrons. The van der Waals surface area contributed by atoms with Crippen LogP contribution in [-0.4, -0.2) is 38.3 Å². The van der Waals surface area contributed by atoms with Crippen LogP contribution in [0.2, 0.25) is 0 Å². The Kier molecular flexibility index (Phi) is 5.75. The minimum absolute atomic E-state index is 0.0359. The monoisotopic (exact) mass is 415 g/mol. The van der Waals surface area contributed by atoms with Gasteiger partial charge in [0.25, 0.3) is 11.7 Å². The molecule has 7 nitrogen and oxygen atoms in total. The van der Waals surface area contributed by atoms with E-state index in [-0.39, 0.29) is 17.9 Å². The quantitative estimate of drug-likeness (QED) is 0.376. The molecule has 4 rings (SSSR count). The first-order valence-electron chi connectivity index (χ1n) is 9.90. The fourth-order valence-corrected chi connectivity index (χ4v) is 3.68. The fourth-order valence-electron chi connectivity index (χ4n) is 3.68. The molecule has 1 aliphatic rings. The Morgan fingerprint density at radius 2 is 1.87 bits per heavy atom. The van der Waals surface area contributed by atoms with E-state index in [0.717, 1.165) is 5.56 Å². The van der Waals surface area contributed by atoms with Crippen molar-refractivity contribution in [3.05, 3.63) is 95.6 Å². The predicted molar refractivity (Wildman–Crippen MR) is 114 cm³/mol. The van der Waals surface area contributed by atoms with Gasteiger partial charge in [-0.05, 0) is 48.4 Å². The van der Waals surface area contributed by atoms with Gasteiger partial charge in [-0.3, -0.25) is 19.6 Å². The molecule has 0 saturated carbocycles. The molecular weight excluding hydrogens is 394 g/mol. The molecule has 1 aliphatic heterocycles. The second-order valence-corrected chi connectivity index (χ2v) is 7.03. The zero-order chi connectivity index (χ0) is 21.8. The molecule has 1 atom stereocenters. The number of likely N-dealkylation sites (tertiary alicyclic amines) is 1. The molecule has 0 spiro atoms. The van der Waals surface area contributed by atoms with E-state index in [1.54, 1.807) is 67.3 Å². The molecule has 0 aliphatic carbocycles. The first-order chi connectivity index (χ1) is 15.1. The van der Waals surface area contributed by atoms with Crippen molar-refractivity contribution in [2.45, 2.75) is 19.5 Å². The Labute approximate surface area is 179 Å². The Balaban J connectivity index is 1.83. The summed E-state index contributed by atoms with van der Waals surface area (Å²) in [7, 11) is 0. The van der Waals surface area contributed by atoms with E-state index in [1.807, 2.05) is 13.0 Å². The maximum Gasteiger partial charge on any atom is 0.295 e. The van der Waals surface area contributed by atoms with E-state index < -0.39 is 17.7 Å². The summed E-state index contributed by atoms with van der Waals surface area (Å²) in [6.07, 6.45) is 6.47. The van der Waals surface area contributed by atoms with Gasteiger partial charge >= 0.3 is 0 Å². The number of benzene rings is 1. The van der Waals surface area contributed by atoms with Crippen LogP contribution >= 0.6 is 0 Å². The van der Waals surface area contributed by atoms with Crippen molar-refractivity contribution in [2.24, 2.45) is 0 Å². The smallest absolute Gasteiger partial charge is 0.295 e. The summed E-state index contributed by atoms with van der Waals surface area (Å²) >= 11 is 0. The second-order valence-electron chi connectivity index (χ2n) is 7.03. The summed E-state index contributed by atoms with van der Waals surface area (Å²) in [5, 5.41) is 11.1. The van der Waals surface area contributed by atoms with Gasteiger partial charge in [-0.15, -0.1) is 0 Å². The number of hydrogen-bond acceptors (Lipinski definition) is 6. The Bertz CT molecular complexity index is 1130. The number of carbonyl (C=O) groups excluding carboxylic acids is 2. The lowest BCUT2D eigenvalue weighted by atomic mass is 9.96. The van der Waals surface area contributed by atoms with Crippen molar-refractivity contribution in [3.63, 3.8) is 0 Å². The highest BCUT2D eigenvalue weighted by Gasteiger charge is 2.46. The van der Waals surface area contributed by atoms with Gasteiger partial charge in [0.15, 0.2) is 0 Å². The van der Waals surface area contributed by atoms with Crippen LogP contribution in [-0.2, 0) is 16.1 Å². The number of Topliss-reactive ketones (excluding diaryl/α,β-unsaturated/α-hetero) is 1. The number of rotatable bonds is 6. The minimum Gasteiger partial charge on any atom is -0.507 e. The number of pyridine rings is 2. The highest BCUT2D eigenvalue weighted by molar-refractivity contribution is 6.46. The third-order valence-corrected chi connectivity index (χ3v) is 5.06. The van der Waals surface area contributed by atoms with Gasteiger partial charge in [0.2, 0.25) is 0 Å². The van der Waals surface area contributed by atoms with Gasteiger partial charge in [0, 0.05) is 36.9 Å². The SMILES string of the molecule is CCOc1cccc(/C(O)=C2/C(=O)C(=O)N(Cc3cccnc3)C2c2ccncc2)c1. The minimum atomic E-state index is -0.751. The lowest BCUT2D eigenvalue weighted by Crippen LogP contribution is -2.29. The van der Waals surface area contributed by atoms with Crippen molar-refractivity contribution >= 4 is 17.4 Å². The number of carbonyl (C=O) groups is 2. The van der Waals surface area contributed by atoms with Crippen LogP contribution < -0.4 is 4.74 Å². The molecule has 3 heterocycles. The molecule has 1 saturated heterocycles. The summed E-state index contributed by atoms with van der Waals surface area (Å²) in [6.45, 7) is 2.51. The normalized spacial score (nSPS) is 17.7. The molecule has 1 amide bonds. The van der Waals surface area contributed by atoms with Gasteiger partial charge in [-0.1, -0.05) is 18.2 Å². The molecule has 7 heteroatoms. The molecule has 0 bridgehead atoms. The molecule has 1 fully saturated rings. The molecule has 1 N–H and O–H groups in total. The highest BCUT2D eigenvalue weighted by Crippen LogP contribution is 2.40. The number of aliphatic hydroxyl groups excluding tert-OH is 1. The maximum atomic E-state index is 13.0. The molecule has 156 valence electrons. The average molecular weight is 415 g/mol. The number of ketones is 1. The van der Waals surface area contributed by atoms with Crippen molar-refractivity contribution in [1.82, 2.24) is 14.9 Å². The van der Waals surface area contributed by atoms with Gasteiger partial charge < -0.3 is 14.7 Å². The fraction of sp³-hybridized carbons (Fsp3) is 0.167. The molecule has 1 aromatic carbocycles. The lowest BCUT2D eigenvalue weighted by molar-refractivity contribution is -0.140. The summed E-state index contributed by atoms with van der Waals surface area (Å²) in [6, 6.07) is 13.1. The van der Waals surface area contributed by atoms with Crippen molar-refractivity contribution in [1.29, 1.82) is 0 Å². The van der Waals surface area contributed by atoms with Crippen molar-refractivity contribution < 1.29 is 19.4 Å². The van der Waals surface area contributed by atoms with E-state index in [0.29, 0.717) is 23.5 Å². The van der Waals surface area contributed by atoms with E-state index in [4.69, 9.17) is 4.74 Å². The Morgan fingerprint density at radius 3 is 2.58 bits per heavy atom. The van der Waals surface area contributed by atoms with Crippen LogP contribution in [0.1, 0.15) is 29.7 Å². The van der Waals surface area contributed by atoms with E-state index in [1.165, 1.54) is 4.90 Å². The average Bonchev–Trinajstić information content (AvgIpc) is 3.05. The van der Waals surface area contributed by atoms with Crippen LogP contribution in [0.3, 0.4) is 0 Å². The van der Waals surface area contributed by atoms with Gasteiger partial charge in [0.05, 0.1) is 18.2 Å². The summed E-state index contributed by atoms with van der Waals surface area (Å²) in [5.74, 6) is -1.08. The van der Waals surface area contributed by atoms with Crippen LogP contribution in [0.5, 0.6) is 5.75 Å². The predicted octanol–water partition coefficient (Wildman–Crippen LogP) is 3.50. The Morgan fingerprint density at radius 1 is 1.06 bits per heavy atom. The number of ether oxygens (including phenoxy) is 1. The van der Waals surface area contributed by atoms with E-state index in [9.17, 15) is 14.7 Å². The van der Waals surface area contributed by atoms with Crippen molar-refractivity contribution in [2.75, 3.05) is 6.61 Å². The number of aliphatic hydroxyl groups is 1. The molecule has 31 heavy (non-hydrogen) atoms. The summed E-state index contributed by atoms with van der Waals surface area (Å²) < 4.78 is 5.51. The topological polar surface area (TPSA) is 92.6 Å². The van der Waals surface area contributed by atoms with Crippen LogP contribution in [0.25, 0.3) is 5.76 Å². The first-order valence-corrected chi connectivity index (χ1v) is 9.90. The van der Waals surface area contributed by atoms with Gasteiger partial charge in [0.1, 0.15) is 11.5 Å². The third-order valence-electron chi connectivity index (χ3n) is 5.06. The van der Waals surface area contributed by atoms with Gasteiger partial charge in [-0.2, -0.15) is 0 Å². The maximum absolute atomic E-state index is 13.0. The molecule has 3 aromatic rings. The summed E-state index contributed by atoms with van der Waals surface area (Å²) in [5.41, 5.74) is 1.90. The van der Waals surface area contributed by atoms with E-state index >= 15 is 0 Å². The standard InChI is InChI=1S/C24H21N3O4/c1-2-31-19-7-3-6-18(13-19)22(28)20-21(17-8-11-25-12-9-17)27(24(30)23(20)29)15-16-5-4-10-26-14-16/h3-14,21,28H,2,15H2,1H3/b22-20-. The lowest BCUT2D eigenvalue weighted by Gasteiger charge is -2.25. The largest absolute Gasteiger partial charge is 0.507 e. The van der Waals surface area contributed by atoms with Crippen LogP contribution in [0.4, 0.5) is 0 Å². The third kappa shape index (κ3) is 4.02. The van der Waals surface area contributed by atoms with E-state index in [2.05, 4.69) is 9.97 Å². The first kappa shape index (κ1) is 20.3. The van der Waals surface area contributed by atoms with Gasteiger partial charge in [-0.25, -0.2) is 0 Å². The van der Waals surface area contributed by atoms with Crippen LogP contribution in [0.15, 0.2) is 78.9 Å². The van der Waals surface area contributed by atoms with Crippen molar-refractivity contribution in [3.8, 4) is 5.75 Å². The number of amides is 1. The van der Waals surface area contributed by atoms with Crippen LogP contribution in [0, 0.1) is 0 Å². The zero-order valence-corrected chi connectivity index (χ0v) is 16.9.